The third kappa shape index (κ3) is 3.62. The number of nitrogens with zero attached hydrogens (tertiary/aromatic N) is 2. The van der Waals surface area contributed by atoms with Crippen LogP contribution in [0.4, 0.5) is 11.5 Å². The van der Waals surface area contributed by atoms with E-state index in [0.29, 0.717) is 16.8 Å². The second-order valence-electron chi connectivity index (χ2n) is 3.44. The van der Waals surface area contributed by atoms with E-state index in [4.69, 9.17) is 0 Å². The predicted molar refractivity (Wildman–Crippen MR) is 66.5 cm³/mol. The van der Waals surface area contributed by atoms with Crippen molar-refractivity contribution in [1.82, 2.24) is 4.98 Å². The molecule has 1 N–H and O–H groups in total. The van der Waals surface area contributed by atoms with Crippen LogP contribution in [0, 0.1) is 10.1 Å². The fourth-order valence-corrected chi connectivity index (χ4v) is 1.49. The van der Waals surface area contributed by atoms with Crippen LogP contribution in [0.15, 0.2) is 28.4 Å². The van der Waals surface area contributed by atoms with Gasteiger partial charge in [-0.2, -0.15) is 0 Å². The minimum Gasteiger partial charge on any atom is -0.366 e. The van der Waals surface area contributed by atoms with Gasteiger partial charge in [-0.1, -0.05) is 11.6 Å². The predicted octanol–water partition coefficient (Wildman–Crippen LogP) is 3.13. The maximum atomic E-state index is 10.5. The summed E-state index contributed by atoms with van der Waals surface area (Å²) in [5, 5.41) is 13.5. The Bertz CT molecular complexity index is 428. The van der Waals surface area contributed by atoms with Crippen molar-refractivity contribution in [3.63, 3.8) is 0 Å². The Labute approximate surface area is 102 Å². The Morgan fingerprint density at radius 3 is 2.88 bits per heavy atom. The van der Waals surface area contributed by atoms with Crippen molar-refractivity contribution in [1.29, 1.82) is 0 Å². The topological polar surface area (TPSA) is 68.1 Å². The van der Waals surface area contributed by atoms with Crippen molar-refractivity contribution in [2.45, 2.75) is 13.8 Å². The molecule has 0 atom stereocenters. The third-order valence-electron chi connectivity index (χ3n) is 1.82. The summed E-state index contributed by atoms with van der Waals surface area (Å²) in [5.41, 5.74) is 1.17. The Morgan fingerprint density at radius 1 is 1.69 bits per heavy atom. The highest BCUT2D eigenvalue weighted by molar-refractivity contribution is 9.10. The van der Waals surface area contributed by atoms with Gasteiger partial charge < -0.3 is 5.32 Å². The summed E-state index contributed by atoms with van der Waals surface area (Å²) in [7, 11) is 0. The van der Waals surface area contributed by atoms with Crippen molar-refractivity contribution in [2.24, 2.45) is 0 Å². The first kappa shape index (κ1) is 12.6. The fraction of sp³-hybridized carbons (Fsp3) is 0.300. The molecule has 1 aromatic rings. The molecule has 0 saturated carbocycles. The molecule has 0 spiro atoms. The van der Waals surface area contributed by atoms with Gasteiger partial charge in [0.05, 0.1) is 9.40 Å². The molecular formula is C10H12BrN3O2. The summed E-state index contributed by atoms with van der Waals surface area (Å²) in [6.45, 7) is 4.64. The lowest BCUT2D eigenvalue weighted by Gasteiger charge is -2.04. The molecule has 16 heavy (non-hydrogen) atoms. The highest BCUT2D eigenvalue weighted by Gasteiger charge is 2.09. The number of allylic oxidation sites excluding steroid dienone is 1. The van der Waals surface area contributed by atoms with Gasteiger partial charge in [-0.3, -0.25) is 10.1 Å². The lowest BCUT2D eigenvalue weighted by Crippen LogP contribution is -2.02. The van der Waals surface area contributed by atoms with Gasteiger partial charge in [0.2, 0.25) is 0 Å². The van der Waals surface area contributed by atoms with Crippen molar-refractivity contribution in [3.05, 3.63) is 38.5 Å². The number of aromatic nitrogens is 1. The van der Waals surface area contributed by atoms with E-state index in [-0.39, 0.29) is 5.69 Å². The first-order chi connectivity index (χ1) is 7.50. The van der Waals surface area contributed by atoms with Crippen LogP contribution < -0.4 is 5.32 Å². The number of hydrogen-bond acceptors (Lipinski definition) is 4. The number of pyridine rings is 1. The molecule has 0 aliphatic carbocycles. The Kier molecular flexibility index (Phi) is 4.42. The molecule has 0 bridgehead atoms. The molecule has 0 aliphatic rings. The van der Waals surface area contributed by atoms with Gasteiger partial charge in [0.15, 0.2) is 0 Å². The number of nitrogens with one attached hydrogen (secondary N) is 1. The first-order valence-electron chi connectivity index (χ1n) is 4.68. The zero-order valence-corrected chi connectivity index (χ0v) is 10.6. The lowest BCUT2D eigenvalue weighted by atomic mass is 10.3. The zero-order valence-electron chi connectivity index (χ0n) is 9.03. The number of nitro groups is 1. The van der Waals surface area contributed by atoms with Crippen molar-refractivity contribution in [2.75, 3.05) is 11.9 Å². The average Bonchev–Trinajstić information content (AvgIpc) is 2.19. The van der Waals surface area contributed by atoms with E-state index in [9.17, 15) is 10.1 Å². The minimum absolute atomic E-state index is 0.0281. The molecule has 0 aromatic carbocycles. The van der Waals surface area contributed by atoms with Crippen LogP contribution in [0.5, 0.6) is 0 Å². The molecule has 1 heterocycles. The maximum absolute atomic E-state index is 10.5. The molecule has 0 saturated heterocycles. The molecule has 1 rings (SSSR count). The quantitative estimate of drug-likeness (QED) is 0.524. The molecule has 0 amide bonds. The van der Waals surface area contributed by atoms with E-state index in [2.05, 4.69) is 26.2 Å². The lowest BCUT2D eigenvalue weighted by molar-refractivity contribution is -0.385. The van der Waals surface area contributed by atoms with Gasteiger partial charge in [0.1, 0.15) is 12.0 Å². The monoisotopic (exact) mass is 285 g/mol. The summed E-state index contributed by atoms with van der Waals surface area (Å²) < 4.78 is 0.587. The SMILES string of the molecule is CC(C)=CCNc1ncc([N+](=O)[O-])cc1Br. The molecule has 0 aliphatic heterocycles. The summed E-state index contributed by atoms with van der Waals surface area (Å²) in [6, 6.07) is 1.43. The Balaban J connectivity index is 2.75. The maximum Gasteiger partial charge on any atom is 0.288 e. The molecule has 5 nitrogen and oxygen atoms in total. The molecule has 0 unspecified atom stereocenters. The minimum atomic E-state index is -0.475. The van der Waals surface area contributed by atoms with Crippen molar-refractivity contribution in [3.8, 4) is 0 Å². The summed E-state index contributed by atoms with van der Waals surface area (Å²) in [4.78, 5) is 14.0. The largest absolute Gasteiger partial charge is 0.366 e. The second kappa shape index (κ2) is 5.60. The Hall–Kier alpha value is -1.43. The highest BCUT2D eigenvalue weighted by Crippen LogP contribution is 2.24. The fourth-order valence-electron chi connectivity index (χ4n) is 1.01. The number of hydrogen-bond donors (Lipinski definition) is 1. The van der Waals surface area contributed by atoms with Crippen LogP contribution in [0.3, 0.4) is 0 Å². The van der Waals surface area contributed by atoms with Crippen LogP contribution in [0.1, 0.15) is 13.8 Å². The first-order valence-corrected chi connectivity index (χ1v) is 5.47. The number of rotatable bonds is 4. The van der Waals surface area contributed by atoms with Gasteiger partial charge in [-0.25, -0.2) is 4.98 Å². The summed E-state index contributed by atoms with van der Waals surface area (Å²) in [6.07, 6.45) is 3.24. The third-order valence-corrected chi connectivity index (χ3v) is 2.42. The van der Waals surface area contributed by atoms with Gasteiger partial charge in [0.25, 0.3) is 5.69 Å². The number of anilines is 1. The van der Waals surface area contributed by atoms with Crippen molar-refractivity contribution >= 4 is 27.4 Å². The zero-order chi connectivity index (χ0) is 12.1. The van der Waals surface area contributed by atoms with Gasteiger partial charge in [-0.15, -0.1) is 0 Å². The van der Waals surface area contributed by atoms with E-state index < -0.39 is 4.92 Å². The van der Waals surface area contributed by atoms with Gasteiger partial charge in [-0.05, 0) is 29.8 Å². The molecule has 86 valence electrons. The summed E-state index contributed by atoms with van der Waals surface area (Å²) >= 11 is 3.23. The van der Waals surface area contributed by atoms with E-state index >= 15 is 0 Å². The second-order valence-corrected chi connectivity index (χ2v) is 4.30. The van der Waals surface area contributed by atoms with Crippen molar-refractivity contribution < 1.29 is 4.92 Å². The van der Waals surface area contributed by atoms with Crippen LogP contribution >= 0.6 is 15.9 Å². The molecule has 0 radical (unpaired) electrons. The number of halogens is 1. The smallest absolute Gasteiger partial charge is 0.288 e. The van der Waals surface area contributed by atoms with Crippen LogP contribution in [0.25, 0.3) is 0 Å². The van der Waals surface area contributed by atoms with Crippen LogP contribution in [-0.4, -0.2) is 16.5 Å². The summed E-state index contributed by atoms with van der Waals surface area (Å²) in [5.74, 6) is 0.600. The van der Waals surface area contributed by atoms with Crippen LogP contribution in [-0.2, 0) is 0 Å². The molecular weight excluding hydrogens is 274 g/mol. The van der Waals surface area contributed by atoms with Gasteiger partial charge in [0, 0.05) is 12.6 Å². The van der Waals surface area contributed by atoms with E-state index in [1.807, 2.05) is 19.9 Å². The van der Waals surface area contributed by atoms with E-state index in [0.717, 1.165) is 0 Å². The molecule has 6 heteroatoms. The Morgan fingerprint density at radius 2 is 2.38 bits per heavy atom. The van der Waals surface area contributed by atoms with Gasteiger partial charge >= 0.3 is 0 Å². The van der Waals surface area contributed by atoms with E-state index in [1.54, 1.807) is 0 Å². The normalized spacial score (nSPS) is 9.69. The van der Waals surface area contributed by atoms with Crippen LogP contribution in [0.2, 0.25) is 0 Å². The highest BCUT2D eigenvalue weighted by atomic mass is 79.9. The standard InChI is InChI=1S/C10H12BrN3O2/c1-7(2)3-4-12-10-9(11)5-8(6-13-10)14(15)16/h3,5-6H,4H2,1-2H3,(H,12,13). The molecule has 0 fully saturated rings. The molecule has 1 aromatic heterocycles. The van der Waals surface area contributed by atoms with E-state index in [1.165, 1.54) is 17.8 Å². The average molecular weight is 286 g/mol.